The van der Waals surface area contributed by atoms with E-state index in [1.807, 2.05) is 12.3 Å². The van der Waals surface area contributed by atoms with Gasteiger partial charge in [-0.2, -0.15) is 0 Å². The summed E-state index contributed by atoms with van der Waals surface area (Å²) >= 11 is 0. The number of hydrogen-bond donors (Lipinski definition) is 0. The van der Waals surface area contributed by atoms with E-state index in [-0.39, 0.29) is 0 Å². The summed E-state index contributed by atoms with van der Waals surface area (Å²) in [7, 11) is 0. The van der Waals surface area contributed by atoms with Gasteiger partial charge in [-0.25, -0.2) is 15.0 Å². The van der Waals surface area contributed by atoms with Crippen LogP contribution in [0.15, 0.2) is 144 Å². The summed E-state index contributed by atoms with van der Waals surface area (Å²) in [5, 5.41) is 3.50. The largest absolute Gasteiger partial charge is 0.256 e. The molecule has 202 valence electrons. The molecule has 0 radical (unpaired) electrons. The zero-order valence-corrected chi connectivity index (χ0v) is 23.4. The smallest absolute Gasteiger partial charge is 0.164 e. The molecule has 2 aromatic heterocycles. The number of rotatable bonds is 4. The van der Waals surface area contributed by atoms with Gasteiger partial charge in [0.2, 0.25) is 0 Å². The van der Waals surface area contributed by atoms with E-state index in [0.717, 1.165) is 57.4 Å². The number of hydrogen-bond acceptors (Lipinski definition) is 4. The lowest BCUT2D eigenvalue weighted by Crippen LogP contribution is -2.08. The predicted molar refractivity (Wildman–Crippen MR) is 174 cm³/mol. The highest BCUT2D eigenvalue weighted by Crippen LogP contribution is 2.51. The summed E-state index contributed by atoms with van der Waals surface area (Å²) in [5.74, 6) is 2.50. The normalized spacial score (nSPS) is 17.0. The molecule has 2 heterocycles. The molecule has 1 unspecified atom stereocenters. The van der Waals surface area contributed by atoms with Gasteiger partial charge in [0.1, 0.15) is 0 Å². The maximum atomic E-state index is 5.10. The first-order valence-electron chi connectivity index (χ1n) is 14.8. The van der Waals surface area contributed by atoms with Gasteiger partial charge < -0.3 is 0 Å². The molecule has 4 nitrogen and oxygen atoms in total. The topological polar surface area (TPSA) is 51.6 Å². The minimum Gasteiger partial charge on any atom is -0.256 e. The second-order valence-electron chi connectivity index (χ2n) is 11.4. The van der Waals surface area contributed by atoms with Crippen molar-refractivity contribution < 1.29 is 0 Å². The molecule has 6 aromatic rings. The van der Waals surface area contributed by atoms with Gasteiger partial charge in [-0.1, -0.05) is 103 Å². The number of allylic oxidation sites excluding steroid dienone is 8. The average molecular weight is 551 g/mol. The molecule has 0 bridgehead atoms. The maximum absolute atomic E-state index is 5.10. The predicted octanol–water partition coefficient (Wildman–Crippen LogP) is 9.17. The second-order valence-corrected chi connectivity index (χ2v) is 11.4. The number of para-hydroxylation sites is 1. The highest BCUT2D eigenvalue weighted by Gasteiger charge is 2.37. The van der Waals surface area contributed by atoms with Crippen molar-refractivity contribution in [2.45, 2.75) is 12.8 Å². The molecular weight excluding hydrogens is 524 g/mol. The van der Waals surface area contributed by atoms with E-state index < -0.39 is 0 Å². The first-order valence-corrected chi connectivity index (χ1v) is 14.8. The summed E-state index contributed by atoms with van der Waals surface area (Å²) in [6.45, 7) is 0. The maximum Gasteiger partial charge on any atom is 0.164 e. The van der Waals surface area contributed by atoms with Crippen LogP contribution < -0.4 is 0 Å². The van der Waals surface area contributed by atoms with E-state index in [4.69, 9.17) is 15.0 Å². The van der Waals surface area contributed by atoms with E-state index in [9.17, 15) is 0 Å². The fraction of sp³-hybridized carbons (Fsp3) is 0.0769. The summed E-state index contributed by atoms with van der Waals surface area (Å²) < 4.78 is 0. The molecule has 0 amide bonds. The third-order valence-electron chi connectivity index (χ3n) is 8.76. The van der Waals surface area contributed by atoms with Gasteiger partial charge in [0.15, 0.2) is 17.5 Å². The SMILES string of the molecule is C1=CC2=C(C=C(c3nc(-c4ccc(-c5cccc6cccnc56)cc4)nc(-c4ccc5ccccc5c4)n3)C3=CC32)CC1. The summed E-state index contributed by atoms with van der Waals surface area (Å²) in [6, 6.07) is 33.7. The molecule has 3 aliphatic carbocycles. The Labute approximate surface area is 249 Å². The van der Waals surface area contributed by atoms with Crippen LogP contribution >= 0.6 is 0 Å². The molecule has 0 saturated carbocycles. The molecule has 0 N–H and O–H groups in total. The summed E-state index contributed by atoms with van der Waals surface area (Å²) in [4.78, 5) is 19.9. The van der Waals surface area contributed by atoms with Gasteiger partial charge in [-0.05, 0) is 64.1 Å². The Morgan fingerprint density at radius 1 is 0.628 bits per heavy atom. The molecule has 0 spiro atoms. The molecule has 9 rings (SSSR count). The van der Waals surface area contributed by atoms with Crippen molar-refractivity contribution in [3.05, 3.63) is 150 Å². The third-order valence-corrected chi connectivity index (χ3v) is 8.76. The van der Waals surface area contributed by atoms with Gasteiger partial charge in [0, 0.05) is 39.8 Å². The van der Waals surface area contributed by atoms with Crippen LogP contribution in [0, 0.1) is 5.92 Å². The van der Waals surface area contributed by atoms with E-state index in [1.165, 1.54) is 27.5 Å². The van der Waals surface area contributed by atoms with E-state index in [1.54, 1.807) is 0 Å². The van der Waals surface area contributed by atoms with Crippen LogP contribution in [0.25, 0.3) is 61.2 Å². The van der Waals surface area contributed by atoms with Crippen molar-refractivity contribution in [3.8, 4) is 33.9 Å². The molecular formula is C39H26N4. The van der Waals surface area contributed by atoms with Crippen molar-refractivity contribution in [2.75, 3.05) is 0 Å². The van der Waals surface area contributed by atoms with Gasteiger partial charge in [0.05, 0.1) is 5.52 Å². The molecule has 1 atom stereocenters. The van der Waals surface area contributed by atoms with Crippen LogP contribution in [0.4, 0.5) is 0 Å². The Kier molecular flexibility index (Phi) is 5.35. The van der Waals surface area contributed by atoms with E-state index in [0.29, 0.717) is 17.6 Å². The van der Waals surface area contributed by atoms with Crippen molar-refractivity contribution in [1.82, 2.24) is 19.9 Å². The Hall–Kier alpha value is -5.48. The van der Waals surface area contributed by atoms with E-state index in [2.05, 4.69) is 120 Å². The minimum absolute atomic E-state index is 0.393. The Morgan fingerprint density at radius 2 is 1.37 bits per heavy atom. The zero-order valence-electron chi connectivity index (χ0n) is 23.4. The Bertz CT molecular complexity index is 2230. The molecule has 4 heteroatoms. The zero-order chi connectivity index (χ0) is 28.3. The lowest BCUT2D eigenvalue weighted by Gasteiger charge is -2.20. The number of aromatic nitrogens is 4. The third kappa shape index (κ3) is 4.14. The summed E-state index contributed by atoms with van der Waals surface area (Å²) in [5.41, 5.74) is 10.5. The molecule has 0 fully saturated rings. The molecule has 3 aliphatic rings. The lowest BCUT2D eigenvalue weighted by molar-refractivity contribution is 0.918. The fourth-order valence-corrected chi connectivity index (χ4v) is 6.48. The Morgan fingerprint density at radius 3 is 2.28 bits per heavy atom. The van der Waals surface area contributed by atoms with Gasteiger partial charge in [0.25, 0.3) is 0 Å². The van der Waals surface area contributed by atoms with Crippen molar-refractivity contribution in [3.63, 3.8) is 0 Å². The molecule has 4 aromatic carbocycles. The molecule has 0 aliphatic heterocycles. The first-order chi connectivity index (χ1) is 21.3. The van der Waals surface area contributed by atoms with Gasteiger partial charge >= 0.3 is 0 Å². The van der Waals surface area contributed by atoms with Gasteiger partial charge in [-0.3, -0.25) is 4.98 Å². The highest BCUT2D eigenvalue weighted by molar-refractivity contribution is 5.94. The van der Waals surface area contributed by atoms with Crippen LogP contribution in [0.2, 0.25) is 0 Å². The highest BCUT2D eigenvalue weighted by atomic mass is 15.0. The quantitative estimate of drug-likeness (QED) is 0.220. The van der Waals surface area contributed by atoms with Crippen molar-refractivity contribution >= 4 is 27.2 Å². The molecule has 43 heavy (non-hydrogen) atoms. The van der Waals surface area contributed by atoms with E-state index >= 15 is 0 Å². The number of pyridine rings is 1. The van der Waals surface area contributed by atoms with Gasteiger partial charge in [-0.15, -0.1) is 0 Å². The summed E-state index contributed by atoms with van der Waals surface area (Å²) in [6.07, 6.45) is 13.2. The van der Waals surface area contributed by atoms with Crippen molar-refractivity contribution in [1.29, 1.82) is 0 Å². The number of fused-ring (bicyclic) bond motifs is 4. The average Bonchev–Trinajstić information content (AvgIpc) is 3.89. The fourth-order valence-electron chi connectivity index (χ4n) is 6.48. The lowest BCUT2D eigenvalue weighted by atomic mass is 9.86. The monoisotopic (exact) mass is 550 g/mol. The number of benzene rings is 4. The van der Waals surface area contributed by atoms with Crippen LogP contribution in [0.1, 0.15) is 18.7 Å². The number of nitrogens with zero attached hydrogens (tertiary/aromatic N) is 4. The Balaban J connectivity index is 1.18. The van der Waals surface area contributed by atoms with Crippen LogP contribution in [0.3, 0.4) is 0 Å². The van der Waals surface area contributed by atoms with Crippen molar-refractivity contribution in [2.24, 2.45) is 5.92 Å². The second kappa shape index (κ2) is 9.53. The minimum atomic E-state index is 0.393. The molecule has 0 saturated heterocycles. The van der Waals surface area contributed by atoms with Crippen LogP contribution in [-0.4, -0.2) is 19.9 Å². The van der Waals surface area contributed by atoms with Crippen LogP contribution in [-0.2, 0) is 0 Å². The standard InChI is InChI=1S/C39H26N4/c1-2-8-28-21-30(19-14-24(28)7-1)38-41-37(42-39(43-38)35-22-29-9-3-4-12-31(29)33-23-34(33)35)27-17-15-25(16-18-27)32-13-5-10-26-11-6-20-40-36(26)32/h1-2,4-8,10-23,33H,3,9H2. The first kappa shape index (κ1) is 24.2. The van der Waals surface area contributed by atoms with Crippen LogP contribution in [0.5, 0.6) is 0 Å².